The lowest BCUT2D eigenvalue weighted by atomic mass is 10.4. The van der Waals surface area contributed by atoms with Crippen LogP contribution >= 0.6 is 0 Å². The number of methoxy groups -OCH3 is 1. The van der Waals surface area contributed by atoms with Crippen molar-refractivity contribution >= 4 is 0 Å². The number of rotatable bonds is 8. The predicted molar refractivity (Wildman–Crippen MR) is 72.8 cm³/mol. The van der Waals surface area contributed by atoms with Crippen molar-refractivity contribution in [1.82, 2.24) is 24.6 Å². The first kappa shape index (κ1) is 13.8. The van der Waals surface area contributed by atoms with Crippen LogP contribution in [0, 0.1) is 6.92 Å². The standard InChI is InChI=1S/C13H21N5O/c1-12-7-16-18(10-12)5-4-17-11-15-9-13(17)8-14-3-6-19-2/h7,9-11,14H,3-6,8H2,1-2H3. The van der Waals surface area contributed by atoms with Crippen LogP contribution in [-0.4, -0.2) is 39.6 Å². The monoisotopic (exact) mass is 263 g/mol. The third kappa shape index (κ3) is 4.18. The molecule has 0 amide bonds. The molecule has 0 aliphatic carbocycles. The van der Waals surface area contributed by atoms with Crippen molar-refractivity contribution in [3.05, 3.63) is 36.2 Å². The van der Waals surface area contributed by atoms with Crippen molar-refractivity contribution in [2.45, 2.75) is 26.6 Å². The van der Waals surface area contributed by atoms with Gasteiger partial charge < -0.3 is 14.6 Å². The van der Waals surface area contributed by atoms with Crippen LogP contribution in [0.1, 0.15) is 11.3 Å². The van der Waals surface area contributed by atoms with E-state index in [0.717, 1.165) is 32.8 Å². The zero-order valence-electron chi connectivity index (χ0n) is 11.5. The molecule has 0 saturated carbocycles. The van der Waals surface area contributed by atoms with E-state index >= 15 is 0 Å². The van der Waals surface area contributed by atoms with Gasteiger partial charge in [-0.15, -0.1) is 0 Å². The summed E-state index contributed by atoms with van der Waals surface area (Å²) in [4.78, 5) is 4.20. The average molecular weight is 263 g/mol. The highest BCUT2D eigenvalue weighted by atomic mass is 16.5. The molecule has 0 bridgehead atoms. The molecule has 0 fully saturated rings. The van der Waals surface area contributed by atoms with E-state index in [1.165, 1.54) is 11.3 Å². The molecule has 0 unspecified atom stereocenters. The van der Waals surface area contributed by atoms with Crippen LogP contribution in [0.2, 0.25) is 0 Å². The Morgan fingerprint density at radius 2 is 2.21 bits per heavy atom. The fraction of sp³-hybridized carbons (Fsp3) is 0.538. The summed E-state index contributed by atoms with van der Waals surface area (Å²) in [5.74, 6) is 0. The lowest BCUT2D eigenvalue weighted by molar-refractivity contribution is 0.199. The largest absolute Gasteiger partial charge is 0.383 e. The summed E-state index contributed by atoms with van der Waals surface area (Å²) in [5.41, 5.74) is 2.37. The molecular weight excluding hydrogens is 242 g/mol. The van der Waals surface area contributed by atoms with E-state index < -0.39 is 0 Å². The van der Waals surface area contributed by atoms with Gasteiger partial charge in [-0.3, -0.25) is 4.68 Å². The van der Waals surface area contributed by atoms with E-state index in [1.807, 2.05) is 36.5 Å². The molecule has 1 N–H and O–H groups in total. The molecule has 19 heavy (non-hydrogen) atoms. The molecule has 2 aromatic rings. The number of hydrogen-bond donors (Lipinski definition) is 1. The van der Waals surface area contributed by atoms with Crippen molar-refractivity contribution in [3.8, 4) is 0 Å². The average Bonchev–Trinajstić information content (AvgIpc) is 3.01. The summed E-state index contributed by atoms with van der Waals surface area (Å²) in [6.07, 6.45) is 7.69. The minimum absolute atomic E-state index is 0.723. The van der Waals surface area contributed by atoms with Gasteiger partial charge in [0.2, 0.25) is 0 Å². The zero-order chi connectivity index (χ0) is 13.5. The maximum absolute atomic E-state index is 5.00. The Balaban J connectivity index is 1.81. The Hall–Kier alpha value is -1.66. The Morgan fingerprint density at radius 3 is 2.95 bits per heavy atom. The number of imidazole rings is 1. The molecular formula is C13H21N5O. The molecule has 0 aliphatic rings. The van der Waals surface area contributed by atoms with Crippen molar-refractivity contribution in [2.24, 2.45) is 0 Å². The van der Waals surface area contributed by atoms with Gasteiger partial charge >= 0.3 is 0 Å². The molecule has 0 spiro atoms. The first-order valence-corrected chi connectivity index (χ1v) is 6.47. The summed E-state index contributed by atoms with van der Waals surface area (Å²) in [7, 11) is 1.71. The molecule has 2 aromatic heterocycles. The third-order valence-electron chi connectivity index (χ3n) is 2.92. The number of ether oxygens (including phenoxy) is 1. The lowest BCUT2D eigenvalue weighted by Gasteiger charge is -2.09. The number of aromatic nitrogens is 4. The fourth-order valence-corrected chi connectivity index (χ4v) is 1.89. The van der Waals surface area contributed by atoms with E-state index in [-0.39, 0.29) is 0 Å². The summed E-state index contributed by atoms with van der Waals surface area (Å²) < 4.78 is 9.11. The molecule has 6 heteroatoms. The van der Waals surface area contributed by atoms with Gasteiger partial charge in [-0.25, -0.2) is 4.98 Å². The summed E-state index contributed by atoms with van der Waals surface area (Å²) >= 11 is 0. The van der Waals surface area contributed by atoms with E-state index in [2.05, 4.69) is 20.0 Å². The van der Waals surface area contributed by atoms with Gasteiger partial charge in [0.25, 0.3) is 0 Å². The number of nitrogens with one attached hydrogen (secondary N) is 1. The summed E-state index contributed by atoms with van der Waals surface area (Å²) in [6.45, 7) is 6.16. The van der Waals surface area contributed by atoms with Crippen molar-refractivity contribution in [2.75, 3.05) is 20.3 Å². The van der Waals surface area contributed by atoms with Crippen LogP contribution in [0.3, 0.4) is 0 Å². The maximum Gasteiger partial charge on any atom is 0.0949 e. The van der Waals surface area contributed by atoms with Crippen molar-refractivity contribution in [1.29, 1.82) is 0 Å². The highest BCUT2D eigenvalue weighted by Gasteiger charge is 2.02. The molecule has 0 radical (unpaired) electrons. The van der Waals surface area contributed by atoms with Crippen LogP contribution in [0.25, 0.3) is 0 Å². The van der Waals surface area contributed by atoms with Crippen molar-refractivity contribution < 1.29 is 4.74 Å². The first-order chi connectivity index (χ1) is 9.29. The molecule has 2 heterocycles. The molecule has 6 nitrogen and oxygen atoms in total. The second-order valence-electron chi connectivity index (χ2n) is 4.53. The van der Waals surface area contributed by atoms with Crippen LogP contribution in [-0.2, 0) is 24.4 Å². The lowest BCUT2D eigenvalue weighted by Crippen LogP contribution is -2.21. The van der Waals surface area contributed by atoms with Crippen LogP contribution in [0.15, 0.2) is 24.9 Å². The normalized spacial score (nSPS) is 11.1. The van der Waals surface area contributed by atoms with Gasteiger partial charge in [0, 0.05) is 39.1 Å². The zero-order valence-corrected chi connectivity index (χ0v) is 11.5. The molecule has 2 rings (SSSR count). The number of hydrogen-bond acceptors (Lipinski definition) is 4. The van der Waals surface area contributed by atoms with Gasteiger partial charge in [-0.1, -0.05) is 0 Å². The van der Waals surface area contributed by atoms with Crippen molar-refractivity contribution in [3.63, 3.8) is 0 Å². The Kier molecular flexibility index (Phi) is 5.11. The Labute approximate surface area is 113 Å². The topological polar surface area (TPSA) is 56.9 Å². The molecule has 0 saturated heterocycles. The SMILES string of the molecule is COCCNCc1cncn1CCn1cc(C)cn1. The minimum Gasteiger partial charge on any atom is -0.383 e. The number of aryl methyl sites for hydroxylation is 3. The van der Waals surface area contributed by atoms with Gasteiger partial charge in [0.15, 0.2) is 0 Å². The summed E-state index contributed by atoms with van der Waals surface area (Å²) in [5, 5.41) is 7.61. The molecule has 0 atom stereocenters. The van der Waals surface area contributed by atoms with Crippen LogP contribution in [0.5, 0.6) is 0 Å². The Morgan fingerprint density at radius 1 is 1.32 bits per heavy atom. The molecule has 0 aliphatic heterocycles. The first-order valence-electron chi connectivity index (χ1n) is 6.47. The van der Waals surface area contributed by atoms with Crippen LogP contribution in [0.4, 0.5) is 0 Å². The van der Waals surface area contributed by atoms with E-state index in [1.54, 1.807) is 7.11 Å². The minimum atomic E-state index is 0.723. The van der Waals surface area contributed by atoms with E-state index in [0.29, 0.717) is 0 Å². The molecule has 0 aromatic carbocycles. The van der Waals surface area contributed by atoms with Gasteiger partial charge in [0.05, 0.1) is 31.4 Å². The highest BCUT2D eigenvalue weighted by Crippen LogP contribution is 2.01. The summed E-state index contributed by atoms with van der Waals surface area (Å²) in [6, 6.07) is 0. The fourth-order valence-electron chi connectivity index (χ4n) is 1.89. The highest BCUT2D eigenvalue weighted by molar-refractivity contribution is 5.00. The van der Waals surface area contributed by atoms with Crippen LogP contribution < -0.4 is 5.32 Å². The van der Waals surface area contributed by atoms with E-state index in [9.17, 15) is 0 Å². The number of nitrogens with zero attached hydrogens (tertiary/aromatic N) is 4. The third-order valence-corrected chi connectivity index (χ3v) is 2.92. The second-order valence-corrected chi connectivity index (χ2v) is 4.53. The van der Waals surface area contributed by atoms with Gasteiger partial charge in [0.1, 0.15) is 0 Å². The van der Waals surface area contributed by atoms with E-state index in [4.69, 9.17) is 4.74 Å². The van der Waals surface area contributed by atoms with Gasteiger partial charge in [-0.05, 0) is 12.5 Å². The smallest absolute Gasteiger partial charge is 0.0949 e. The molecule has 104 valence electrons. The quantitative estimate of drug-likeness (QED) is 0.717. The predicted octanol–water partition coefficient (Wildman–Crippen LogP) is 0.824. The maximum atomic E-state index is 5.00. The second kappa shape index (κ2) is 7.06. The Bertz CT molecular complexity index is 491. The van der Waals surface area contributed by atoms with Gasteiger partial charge in [-0.2, -0.15) is 5.10 Å².